The minimum Gasteiger partial charge on any atom is -0.326 e. The minimum absolute atomic E-state index is 0.0724. The zero-order chi connectivity index (χ0) is 15.0. The second-order valence-electron chi connectivity index (χ2n) is 5.05. The number of benzene rings is 1. The van der Waals surface area contributed by atoms with Gasteiger partial charge in [0.05, 0.1) is 12.1 Å². The normalized spacial score (nSPS) is 11.2. The number of rotatable bonds is 3. The van der Waals surface area contributed by atoms with Crippen molar-refractivity contribution in [3.05, 3.63) is 57.9 Å². The number of aryl methyl sites for hydroxylation is 1. The first-order valence-electron chi connectivity index (χ1n) is 6.78. The molecule has 21 heavy (non-hydrogen) atoms. The molecule has 0 saturated heterocycles. The maximum atomic E-state index is 12.6. The Balaban J connectivity index is 2.23. The maximum absolute atomic E-state index is 12.6. The first kappa shape index (κ1) is 13.5. The van der Waals surface area contributed by atoms with Gasteiger partial charge in [0.15, 0.2) is 5.82 Å². The van der Waals surface area contributed by atoms with Crippen LogP contribution < -0.4 is 11.3 Å². The van der Waals surface area contributed by atoms with Crippen molar-refractivity contribution in [3.8, 4) is 0 Å². The van der Waals surface area contributed by atoms with E-state index in [1.165, 1.54) is 0 Å². The fourth-order valence-corrected chi connectivity index (χ4v) is 2.42. The molecule has 0 aliphatic rings. The van der Waals surface area contributed by atoms with Crippen molar-refractivity contribution in [2.45, 2.75) is 20.0 Å². The van der Waals surface area contributed by atoms with Gasteiger partial charge in [-0.15, -0.1) is 10.2 Å². The molecule has 0 unspecified atom stereocenters. The number of fused-ring (bicyclic) bond motifs is 1. The number of hydrogen-bond acceptors (Lipinski definition) is 4. The first-order valence-corrected chi connectivity index (χ1v) is 6.78. The van der Waals surface area contributed by atoms with Crippen molar-refractivity contribution >= 4 is 10.9 Å². The molecule has 0 radical (unpaired) electrons. The quantitative estimate of drug-likeness (QED) is 0.776. The van der Waals surface area contributed by atoms with Crippen LogP contribution in [0.1, 0.15) is 17.2 Å². The summed E-state index contributed by atoms with van der Waals surface area (Å²) >= 11 is 0. The fourth-order valence-electron chi connectivity index (χ4n) is 2.42. The van der Waals surface area contributed by atoms with Crippen LogP contribution in [0.2, 0.25) is 0 Å². The van der Waals surface area contributed by atoms with E-state index in [0.29, 0.717) is 12.1 Å². The smallest absolute Gasteiger partial charge is 0.255 e. The summed E-state index contributed by atoms with van der Waals surface area (Å²) in [5.74, 6) is 1.56. The van der Waals surface area contributed by atoms with Crippen molar-refractivity contribution in [1.82, 2.24) is 19.3 Å². The summed E-state index contributed by atoms with van der Waals surface area (Å²) in [5, 5.41) is 9.17. The molecule has 2 aromatic heterocycles. The average Bonchev–Trinajstić information content (AvgIpc) is 2.81. The van der Waals surface area contributed by atoms with Gasteiger partial charge in [0.2, 0.25) is 0 Å². The first-order chi connectivity index (χ1) is 10.1. The molecule has 0 amide bonds. The van der Waals surface area contributed by atoms with E-state index in [2.05, 4.69) is 10.2 Å². The Kier molecular flexibility index (Phi) is 3.31. The van der Waals surface area contributed by atoms with Gasteiger partial charge < -0.3 is 14.9 Å². The molecule has 6 nitrogen and oxygen atoms in total. The third-order valence-corrected chi connectivity index (χ3v) is 3.78. The number of pyridine rings is 1. The molecule has 6 heteroatoms. The Bertz CT molecular complexity index is 862. The lowest BCUT2D eigenvalue weighted by molar-refractivity contribution is 0.684. The number of nitrogens with two attached hydrogens (primary N) is 1. The molecule has 0 bridgehead atoms. The highest BCUT2D eigenvalue weighted by molar-refractivity contribution is 5.79. The molecular formula is C15H17N5O. The summed E-state index contributed by atoms with van der Waals surface area (Å²) in [5.41, 5.74) is 7.10. The predicted molar refractivity (Wildman–Crippen MR) is 80.9 cm³/mol. The third kappa shape index (κ3) is 2.23. The van der Waals surface area contributed by atoms with Crippen molar-refractivity contribution in [3.63, 3.8) is 0 Å². The van der Waals surface area contributed by atoms with Crippen LogP contribution in [0.4, 0.5) is 0 Å². The van der Waals surface area contributed by atoms with Gasteiger partial charge in [-0.3, -0.25) is 4.79 Å². The van der Waals surface area contributed by atoms with Crippen LogP contribution in [0, 0.1) is 6.92 Å². The SMILES string of the molecule is Cc1nnc(Cn2c(=O)c(CN)cc3ccccc32)n1C. The highest BCUT2D eigenvalue weighted by atomic mass is 16.1. The van der Waals surface area contributed by atoms with Gasteiger partial charge >= 0.3 is 0 Å². The van der Waals surface area contributed by atoms with E-state index in [-0.39, 0.29) is 12.1 Å². The fraction of sp³-hybridized carbons (Fsp3) is 0.267. The number of hydrogen-bond donors (Lipinski definition) is 1. The molecule has 2 N–H and O–H groups in total. The molecule has 0 atom stereocenters. The third-order valence-electron chi connectivity index (χ3n) is 3.78. The Morgan fingerprint density at radius 3 is 2.67 bits per heavy atom. The van der Waals surface area contributed by atoms with Gasteiger partial charge in [-0.25, -0.2) is 0 Å². The van der Waals surface area contributed by atoms with Crippen LogP contribution in [0.15, 0.2) is 35.1 Å². The predicted octanol–water partition coefficient (Wildman–Crippen LogP) is 0.945. The maximum Gasteiger partial charge on any atom is 0.255 e. The van der Waals surface area contributed by atoms with Crippen LogP contribution >= 0.6 is 0 Å². The van der Waals surface area contributed by atoms with Crippen LogP contribution in [0.5, 0.6) is 0 Å². The van der Waals surface area contributed by atoms with Crippen LogP contribution in [-0.2, 0) is 20.1 Å². The van der Waals surface area contributed by atoms with E-state index in [1.54, 1.807) is 4.57 Å². The van der Waals surface area contributed by atoms with E-state index in [1.807, 2.05) is 48.9 Å². The standard InChI is InChI=1S/C15H17N5O/c1-10-17-18-14(19(10)2)9-20-13-6-4-3-5-11(13)7-12(8-16)15(20)21/h3-7H,8-9,16H2,1-2H3. The van der Waals surface area contributed by atoms with E-state index in [0.717, 1.165) is 22.6 Å². The number of aromatic nitrogens is 4. The summed E-state index contributed by atoms with van der Waals surface area (Å²) in [6.07, 6.45) is 0. The van der Waals surface area contributed by atoms with Crippen LogP contribution in [0.25, 0.3) is 10.9 Å². The largest absolute Gasteiger partial charge is 0.326 e. The molecule has 3 aromatic rings. The number of para-hydroxylation sites is 1. The Morgan fingerprint density at radius 1 is 1.24 bits per heavy atom. The highest BCUT2D eigenvalue weighted by Gasteiger charge is 2.12. The second kappa shape index (κ2) is 5.14. The van der Waals surface area contributed by atoms with Gasteiger partial charge in [0.25, 0.3) is 5.56 Å². The lowest BCUT2D eigenvalue weighted by atomic mass is 10.1. The molecule has 0 spiro atoms. The van der Waals surface area contributed by atoms with Gasteiger partial charge in [0, 0.05) is 19.2 Å². The summed E-state index contributed by atoms with van der Waals surface area (Å²) in [7, 11) is 1.89. The topological polar surface area (TPSA) is 78.7 Å². The van der Waals surface area contributed by atoms with Gasteiger partial charge in [0.1, 0.15) is 5.82 Å². The van der Waals surface area contributed by atoms with E-state index in [9.17, 15) is 4.79 Å². The van der Waals surface area contributed by atoms with Crippen LogP contribution in [0.3, 0.4) is 0 Å². The summed E-state index contributed by atoms with van der Waals surface area (Å²) in [6.45, 7) is 2.49. The molecule has 0 fully saturated rings. The zero-order valence-corrected chi connectivity index (χ0v) is 12.1. The lowest BCUT2D eigenvalue weighted by Gasteiger charge is -2.12. The highest BCUT2D eigenvalue weighted by Crippen LogP contribution is 2.14. The molecule has 0 aliphatic heterocycles. The van der Waals surface area contributed by atoms with Crippen molar-refractivity contribution < 1.29 is 0 Å². The summed E-state index contributed by atoms with van der Waals surface area (Å²) in [4.78, 5) is 12.6. The molecule has 0 saturated carbocycles. The molecular weight excluding hydrogens is 266 g/mol. The number of nitrogens with zero attached hydrogens (tertiary/aromatic N) is 4. The average molecular weight is 283 g/mol. The molecule has 0 aliphatic carbocycles. The van der Waals surface area contributed by atoms with E-state index >= 15 is 0 Å². The molecule has 3 rings (SSSR count). The Labute approximate surface area is 121 Å². The van der Waals surface area contributed by atoms with Gasteiger partial charge in [-0.1, -0.05) is 18.2 Å². The van der Waals surface area contributed by atoms with Gasteiger partial charge in [-0.05, 0) is 24.4 Å². The molecule has 2 heterocycles. The monoisotopic (exact) mass is 283 g/mol. The molecule has 1 aromatic carbocycles. The van der Waals surface area contributed by atoms with E-state index < -0.39 is 0 Å². The van der Waals surface area contributed by atoms with Crippen molar-refractivity contribution in [2.75, 3.05) is 0 Å². The lowest BCUT2D eigenvalue weighted by Crippen LogP contribution is -2.27. The van der Waals surface area contributed by atoms with Gasteiger partial charge in [-0.2, -0.15) is 0 Å². The second-order valence-corrected chi connectivity index (χ2v) is 5.05. The molecule has 108 valence electrons. The van der Waals surface area contributed by atoms with E-state index in [4.69, 9.17) is 5.73 Å². The van der Waals surface area contributed by atoms with Crippen molar-refractivity contribution in [1.29, 1.82) is 0 Å². The zero-order valence-electron chi connectivity index (χ0n) is 12.1. The van der Waals surface area contributed by atoms with Crippen molar-refractivity contribution in [2.24, 2.45) is 12.8 Å². The van der Waals surface area contributed by atoms with Crippen LogP contribution in [-0.4, -0.2) is 19.3 Å². The minimum atomic E-state index is -0.0724. The Morgan fingerprint density at radius 2 is 2.00 bits per heavy atom. The summed E-state index contributed by atoms with van der Waals surface area (Å²) in [6, 6.07) is 9.63. The summed E-state index contributed by atoms with van der Waals surface area (Å²) < 4.78 is 3.59. The Hall–Kier alpha value is -2.47.